The van der Waals surface area contributed by atoms with Crippen LogP contribution in [0.25, 0.3) is 0 Å². The van der Waals surface area contributed by atoms with Crippen LogP contribution in [0.4, 0.5) is 8.78 Å². The van der Waals surface area contributed by atoms with Crippen LogP contribution in [0.15, 0.2) is 53.1 Å². The number of carbonyl (C=O) groups is 2. The summed E-state index contributed by atoms with van der Waals surface area (Å²) >= 11 is 0. The lowest BCUT2D eigenvalue weighted by Gasteiger charge is -2.24. The number of furan rings is 1. The molecule has 0 aliphatic rings. The van der Waals surface area contributed by atoms with Crippen molar-refractivity contribution in [3.63, 3.8) is 0 Å². The zero-order valence-electron chi connectivity index (χ0n) is 12.3. The predicted molar refractivity (Wildman–Crippen MR) is 76.9 cm³/mol. The van der Waals surface area contributed by atoms with Crippen LogP contribution in [0.3, 0.4) is 0 Å². The number of rotatable bonds is 6. The van der Waals surface area contributed by atoms with Gasteiger partial charge in [0.1, 0.15) is 5.76 Å². The maximum absolute atomic E-state index is 14.4. The largest absolute Gasteiger partial charge is 0.467 e. The minimum atomic E-state index is -3.97. The highest BCUT2D eigenvalue weighted by Crippen LogP contribution is 2.33. The third kappa shape index (κ3) is 3.74. The lowest BCUT2D eigenvalue weighted by atomic mass is 10.1. The monoisotopic (exact) mass is 323 g/mol. The summed E-state index contributed by atoms with van der Waals surface area (Å²) in [6.07, 6.45) is 1.18. The number of nitrogens with one attached hydrogen (secondary N) is 1. The molecule has 1 aromatic carbocycles. The zero-order valence-corrected chi connectivity index (χ0v) is 12.3. The summed E-state index contributed by atoms with van der Waals surface area (Å²) in [7, 11) is 0. The Morgan fingerprint density at radius 2 is 1.91 bits per heavy atom. The van der Waals surface area contributed by atoms with Crippen LogP contribution in [0, 0.1) is 0 Å². The van der Waals surface area contributed by atoms with Crippen LogP contribution in [-0.4, -0.2) is 24.4 Å². The molecule has 0 saturated carbocycles. The zero-order chi connectivity index (χ0) is 16.9. The first kappa shape index (κ1) is 16.7. The van der Waals surface area contributed by atoms with E-state index in [4.69, 9.17) is 4.42 Å². The van der Waals surface area contributed by atoms with Crippen molar-refractivity contribution in [2.75, 3.05) is 6.61 Å². The quantitative estimate of drug-likeness (QED) is 0.830. The van der Waals surface area contributed by atoms with Crippen LogP contribution >= 0.6 is 0 Å². The summed E-state index contributed by atoms with van der Waals surface area (Å²) < 4.78 is 38.1. The normalized spacial score (nSPS) is 12.5. The van der Waals surface area contributed by atoms with Gasteiger partial charge in [-0.1, -0.05) is 18.2 Å². The van der Waals surface area contributed by atoms with Crippen molar-refractivity contribution in [3.8, 4) is 0 Å². The van der Waals surface area contributed by atoms with Crippen LogP contribution in [0.2, 0.25) is 0 Å². The molecule has 0 aliphatic heterocycles. The maximum atomic E-state index is 14.4. The highest BCUT2D eigenvalue weighted by atomic mass is 19.3. The Hall–Kier alpha value is -2.70. The number of carbonyl (C=O) groups excluding carboxylic acids is 2. The molecule has 1 unspecified atom stereocenters. The predicted octanol–water partition coefficient (Wildman–Crippen LogP) is 2.95. The number of alkyl halides is 2. The maximum Gasteiger partial charge on any atom is 0.379 e. The van der Waals surface area contributed by atoms with E-state index < -0.39 is 23.8 Å². The molecule has 2 rings (SSSR count). The van der Waals surface area contributed by atoms with Crippen molar-refractivity contribution in [1.82, 2.24) is 5.32 Å². The first-order valence-electron chi connectivity index (χ1n) is 6.91. The Morgan fingerprint density at radius 1 is 1.22 bits per heavy atom. The van der Waals surface area contributed by atoms with E-state index in [0.717, 1.165) is 0 Å². The Bertz CT molecular complexity index is 656. The molecule has 0 aliphatic carbocycles. The molecule has 2 aromatic rings. The summed E-state index contributed by atoms with van der Waals surface area (Å²) in [4.78, 5) is 23.7. The molecule has 0 saturated heterocycles. The highest BCUT2D eigenvalue weighted by molar-refractivity contribution is 5.95. The minimum Gasteiger partial charge on any atom is -0.467 e. The van der Waals surface area contributed by atoms with Gasteiger partial charge in [-0.2, -0.15) is 8.78 Å². The Labute approximate surface area is 131 Å². The number of benzene rings is 1. The fraction of sp³-hybridized carbons (Fsp3) is 0.250. The van der Waals surface area contributed by atoms with Crippen molar-refractivity contribution in [3.05, 3.63) is 60.1 Å². The smallest absolute Gasteiger partial charge is 0.379 e. The number of halogens is 2. The van der Waals surface area contributed by atoms with Crippen molar-refractivity contribution >= 4 is 11.9 Å². The number of hydrogen-bond donors (Lipinski definition) is 1. The molecule has 0 bridgehead atoms. The third-order valence-corrected chi connectivity index (χ3v) is 3.05. The molecule has 0 radical (unpaired) electrons. The molecular formula is C16H15F2NO4. The topological polar surface area (TPSA) is 68.5 Å². The molecule has 0 spiro atoms. The lowest BCUT2D eigenvalue weighted by molar-refractivity contribution is -0.176. The van der Waals surface area contributed by atoms with Gasteiger partial charge in [-0.05, 0) is 31.2 Å². The Morgan fingerprint density at radius 3 is 2.48 bits per heavy atom. The summed E-state index contributed by atoms with van der Waals surface area (Å²) in [5.41, 5.74) is 0.184. The van der Waals surface area contributed by atoms with Gasteiger partial charge in [-0.25, -0.2) is 4.79 Å². The van der Waals surface area contributed by atoms with Gasteiger partial charge in [0.2, 0.25) is 0 Å². The average Bonchev–Trinajstić information content (AvgIpc) is 3.07. The Kier molecular flexibility index (Phi) is 5.10. The number of hydrogen-bond acceptors (Lipinski definition) is 4. The standard InChI is InChI=1S/C16H15F2NO4/c1-2-22-15(21)16(17,18)13(12-9-6-10-23-12)19-14(20)11-7-4-3-5-8-11/h3-10,13H,2H2,1H3,(H,19,20). The second kappa shape index (κ2) is 7.04. The first-order valence-corrected chi connectivity index (χ1v) is 6.91. The molecule has 5 nitrogen and oxygen atoms in total. The van der Waals surface area contributed by atoms with Gasteiger partial charge in [0.15, 0.2) is 6.04 Å². The van der Waals surface area contributed by atoms with Crippen LogP contribution in [-0.2, 0) is 9.53 Å². The molecule has 1 aromatic heterocycles. The third-order valence-electron chi connectivity index (χ3n) is 3.05. The summed E-state index contributed by atoms with van der Waals surface area (Å²) in [6.45, 7) is 1.21. The second-order valence-electron chi connectivity index (χ2n) is 4.63. The molecule has 1 N–H and O–H groups in total. The molecular weight excluding hydrogens is 308 g/mol. The molecule has 0 fully saturated rings. The van der Waals surface area contributed by atoms with Gasteiger partial charge < -0.3 is 14.5 Å². The van der Waals surface area contributed by atoms with Crippen molar-refractivity contribution in [2.45, 2.75) is 18.9 Å². The number of ether oxygens (including phenoxy) is 1. The van der Waals surface area contributed by atoms with E-state index in [1.165, 1.54) is 37.5 Å². The van der Waals surface area contributed by atoms with Crippen molar-refractivity contribution in [2.24, 2.45) is 0 Å². The van der Waals surface area contributed by atoms with E-state index >= 15 is 0 Å². The minimum absolute atomic E-state index is 0.184. The average molecular weight is 323 g/mol. The van der Waals surface area contributed by atoms with E-state index in [2.05, 4.69) is 10.1 Å². The van der Waals surface area contributed by atoms with E-state index in [-0.39, 0.29) is 17.9 Å². The molecule has 1 atom stereocenters. The summed E-state index contributed by atoms with van der Waals surface area (Å²) in [6, 6.07) is 8.49. The molecule has 122 valence electrons. The molecule has 7 heteroatoms. The van der Waals surface area contributed by atoms with E-state index in [1.54, 1.807) is 18.2 Å². The number of amides is 1. The van der Waals surface area contributed by atoms with Gasteiger partial charge >= 0.3 is 11.9 Å². The van der Waals surface area contributed by atoms with E-state index in [1.807, 2.05) is 0 Å². The fourth-order valence-electron chi connectivity index (χ4n) is 1.95. The number of esters is 1. The second-order valence-corrected chi connectivity index (χ2v) is 4.63. The molecule has 1 amide bonds. The van der Waals surface area contributed by atoms with Crippen LogP contribution in [0.5, 0.6) is 0 Å². The van der Waals surface area contributed by atoms with Gasteiger partial charge in [-0.15, -0.1) is 0 Å². The summed E-state index contributed by atoms with van der Waals surface area (Å²) in [5, 5.41) is 2.13. The molecule has 23 heavy (non-hydrogen) atoms. The first-order chi connectivity index (χ1) is 11.0. The van der Waals surface area contributed by atoms with Crippen molar-refractivity contribution in [1.29, 1.82) is 0 Å². The van der Waals surface area contributed by atoms with Gasteiger partial charge in [0.25, 0.3) is 5.91 Å². The van der Waals surface area contributed by atoms with Gasteiger partial charge in [-0.3, -0.25) is 4.79 Å². The molecule has 1 heterocycles. The van der Waals surface area contributed by atoms with Crippen LogP contribution < -0.4 is 5.32 Å². The lowest BCUT2D eigenvalue weighted by Crippen LogP contribution is -2.46. The highest BCUT2D eigenvalue weighted by Gasteiger charge is 2.52. The summed E-state index contributed by atoms with van der Waals surface area (Å²) in [5.74, 6) is -6.70. The van der Waals surface area contributed by atoms with Crippen LogP contribution in [0.1, 0.15) is 29.1 Å². The Balaban J connectivity index is 2.29. The van der Waals surface area contributed by atoms with Crippen molar-refractivity contribution < 1.29 is 27.5 Å². The van der Waals surface area contributed by atoms with Gasteiger partial charge in [0, 0.05) is 5.56 Å². The fourth-order valence-corrected chi connectivity index (χ4v) is 1.95. The van der Waals surface area contributed by atoms with E-state index in [9.17, 15) is 18.4 Å². The van der Waals surface area contributed by atoms with Gasteiger partial charge in [0.05, 0.1) is 12.9 Å². The van der Waals surface area contributed by atoms with E-state index in [0.29, 0.717) is 0 Å². The SMILES string of the molecule is CCOC(=O)C(F)(F)C(NC(=O)c1ccccc1)c1ccco1.